The van der Waals surface area contributed by atoms with Gasteiger partial charge in [0.25, 0.3) is 0 Å². The topological polar surface area (TPSA) is 52.1 Å². The number of anilines is 1. The summed E-state index contributed by atoms with van der Waals surface area (Å²) in [6.07, 6.45) is 4.12. The molecule has 0 radical (unpaired) electrons. The van der Waals surface area contributed by atoms with Gasteiger partial charge in [0.15, 0.2) is 5.96 Å². The van der Waals surface area contributed by atoms with Crippen LogP contribution in [0.1, 0.15) is 33.1 Å². The molecule has 3 rings (SSSR count). The number of nitrogens with zero attached hydrogens (tertiary/aromatic N) is 3. The molecule has 3 heterocycles. The lowest BCUT2D eigenvalue weighted by Gasteiger charge is -2.35. The van der Waals surface area contributed by atoms with Crippen molar-refractivity contribution in [2.24, 2.45) is 4.99 Å². The van der Waals surface area contributed by atoms with Crippen molar-refractivity contribution in [2.45, 2.75) is 51.4 Å². The van der Waals surface area contributed by atoms with Gasteiger partial charge in [-0.15, -0.1) is 11.3 Å². The minimum Gasteiger partial charge on any atom is -0.373 e. The van der Waals surface area contributed by atoms with E-state index in [9.17, 15) is 0 Å². The van der Waals surface area contributed by atoms with Crippen molar-refractivity contribution >= 4 is 22.3 Å². The monoisotopic (exact) mass is 393 g/mol. The molecule has 2 N–H and O–H groups in total. The Bertz CT molecular complexity index is 561. The van der Waals surface area contributed by atoms with Gasteiger partial charge in [0.1, 0.15) is 0 Å². The molecule has 2 unspecified atom stereocenters. The molecule has 7 heteroatoms. The van der Waals surface area contributed by atoms with Gasteiger partial charge in [-0.25, -0.2) is 0 Å². The fraction of sp³-hybridized carbons (Fsp3) is 0.750. The summed E-state index contributed by atoms with van der Waals surface area (Å²) in [6, 6.07) is 4.86. The maximum Gasteiger partial charge on any atom is 0.191 e. The van der Waals surface area contributed by atoms with Crippen molar-refractivity contribution in [1.82, 2.24) is 15.5 Å². The quantitative estimate of drug-likeness (QED) is 0.442. The molecule has 2 fully saturated rings. The summed E-state index contributed by atoms with van der Waals surface area (Å²) in [5, 5.41) is 10.6. The standard InChI is InChI=1S/C20H35N5OS/c1-16-14-24(15-17(2)26-16)10-5-9-22-20(21-3)23-18-7-11-25(12-8-18)19-6-4-13-27-19/h4,6,13,16-18H,5,7-12,14-15H2,1-3H3,(H2,21,22,23). The van der Waals surface area contributed by atoms with E-state index >= 15 is 0 Å². The van der Waals surface area contributed by atoms with Crippen LogP contribution in [-0.4, -0.2) is 75.4 Å². The van der Waals surface area contributed by atoms with Crippen LogP contribution in [0.2, 0.25) is 0 Å². The summed E-state index contributed by atoms with van der Waals surface area (Å²) in [6.45, 7) is 10.7. The van der Waals surface area contributed by atoms with Crippen LogP contribution in [0.4, 0.5) is 5.00 Å². The van der Waals surface area contributed by atoms with Crippen LogP contribution in [0.25, 0.3) is 0 Å². The van der Waals surface area contributed by atoms with Crippen molar-refractivity contribution in [3.63, 3.8) is 0 Å². The lowest BCUT2D eigenvalue weighted by molar-refractivity contribution is -0.0679. The zero-order valence-corrected chi connectivity index (χ0v) is 17.8. The van der Waals surface area contributed by atoms with Gasteiger partial charge >= 0.3 is 0 Å². The Labute approximate surface area is 168 Å². The number of nitrogens with one attached hydrogen (secondary N) is 2. The van der Waals surface area contributed by atoms with Crippen LogP contribution in [-0.2, 0) is 4.74 Å². The van der Waals surface area contributed by atoms with E-state index in [0.717, 1.165) is 64.5 Å². The molecule has 0 spiro atoms. The van der Waals surface area contributed by atoms with Crippen LogP contribution in [0.3, 0.4) is 0 Å². The zero-order valence-electron chi connectivity index (χ0n) is 17.0. The third-order valence-corrected chi connectivity index (χ3v) is 6.25. The molecule has 1 aromatic rings. The molecule has 1 aromatic heterocycles. The number of morpholine rings is 1. The molecule has 2 aliphatic rings. The molecule has 0 aliphatic carbocycles. The predicted octanol–water partition coefficient (Wildman–Crippen LogP) is 2.38. The molecule has 0 amide bonds. The fourth-order valence-corrected chi connectivity index (χ4v) is 4.84. The Morgan fingerprint density at radius 1 is 1.26 bits per heavy atom. The lowest BCUT2D eigenvalue weighted by atomic mass is 10.1. The molecule has 27 heavy (non-hydrogen) atoms. The van der Waals surface area contributed by atoms with E-state index in [-0.39, 0.29) is 0 Å². The van der Waals surface area contributed by atoms with Gasteiger partial charge in [0.05, 0.1) is 17.2 Å². The van der Waals surface area contributed by atoms with Gasteiger partial charge in [-0.1, -0.05) is 0 Å². The van der Waals surface area contributed by atoms with Gasteiger partial charge in [0, 0.05) is 52.4 Å². The van der Waals surface area contributed by atoms with Crippen molar-refractivity contribution in [2.75, 3.05) is 51.2 Å². The van der Waals surface area contributed by atoms with Gasteiger partial charge in [0.2, 0.25) is 0 Å². The number of ether oxygens (including phenoxy) is 1. The van der Waals surface area contributed by atoms with Crippen LogP contribution in [0, 0.1) is 0 Å². The Kier molecular flexibility index (Phi) is 7.79. The van der Waals surface area contributed by atoms with E-state index in [4.69, 9.17) is 4.74 Å². The number of aliphatic imine (C=N–C) groups is 1. The first-order valence-corrected chi connectivity index (χ1v) is 11.2. The smallest absolute Gasteiger partial charge is 0.191 e. The van der Waals surface area contributed by atoms with E-state index < -0.39 is 0 Å². The molecule has 6 nitrogen and oxygen atoms in total. The zero-order chi connectivity index (χ0) is 19.1. The summed E-state index contributed by atoms with van der Waals surface area (Å²) in [5.41, 5.74) is 0. The average molecular weight is 394 g/mol. The summed E-state index contributed by atoms with van der Waals surface area (Å²) < 4.78 is 5.80. The lowest BCUT2D eigenvalue weighted by Crippen LogP contribution is -2.49. The number of thiophene rings is 1. The van der Waals surface area contributed by atoms with Gasteiger partial charge < -0.3 is 20.3 Å². The van der Waals surface area contributed by atoms with Gasteiger partial charge in [-0.05, 0) is 50.6 Å². The van der Waals surface area contributed by atoms with E-state index in [2.05, 4.69) is 56.8 Å². The van der Waals surface area contributed by atoms with Crippen LogP contribution in [0.5, 0.6) is 0 Å². The Balaban J connectivity index is 1.32. The maximum atomic E-state index is 5.80. The highest BCUT2D eigenvalue weighted by Gasteiger charge is 2.22. The van der Waals surface area contributed by atoms with Crippen molar-refractivity contribution in [3.05, 3.63) is 17.5 Å². The minimum atomic E-state index is 0.344. The minimum absolute atomic E-state index is 0.344. The highest BCUT2D eigenvalue weighted by atomic mass is 32.1. The summed E-state index contributed by atoms with van der Waals surface area (Å²) >= 11 is 1.83. The van der Waals surface area contributed by atoms with Gasteiger partial charge in [-0.2, -0.15) is 0 Å². The second-order valence-electron chi connectivity index (χ2n) is 7.73. The molecule has 0 saturated carbocycles. The number of rotatable bonds is 6. The molecule has 152 valence electrons. The highest BCUT2D eigenvalue weighted by molar-refractivity contribution is 7.14. The third kappa shape index (κ3) is 6.36. The molecule has 0 aromatic carbocycles. The van der Waals surface area contributed by atoms with Crippen molar-refractivity contribution in [1.29, 1.82) is 0 Å². The molecule has 2 atom stereocenters. The first kappa shape index (κ1) is 20.4. The summed E-state index contributed by atoms with van der Waals surface area (Å²) in [4.78, 5) is 9.41. The Morgan fingerprint density at radius 2 is 2.00 bits per heavy atom. The Morgan fingerprint density at radius 3 is 2.63 bits per heavy atom. The van der Waals surface area contributed by atoms with Crippen molar-refractivity contribution < 1.29 is 4.74 Å². The molecular weight excluding hydrogens is 358 g/mol. The van der Waals surface area contributed by atoms with Crippen LogP contribution < -0.4 is 15.5 Å². The normalized spacial score (nSPS) is 25.6. The average Bonchev–Trinajstić information content (AvgIpc) is 3.18. The van der Waals surface area contributed by atoms with E-state index in [0.29, 0.717) is 18.2 Å². The van der Waals surface area contributed by atoms with E-state index in [1.807, 2.05) is 18.4 Å². The number of guanidine groups is 1. The van der Waals surface area contributed by atoms with E-state index in [1.54, 1.807) is 0 Å². The van der Waals surface area contributed by atoms with E-state index in [1.165, 1.54) is 5.00 Å². The first-order chi connectivity index (χ1) is 13.1. The summed E-state index contributed by atoms with van der Waals surface area (Å²) in [7, 11) is 1.86. The van der Waals surface area contributed by atoms with Crippen LogP contribution in [0.15, 0.2) is 22.5 Å². The van der Waals surface area contributed by atoms with Crippen molar-refractivity contribution in [3.8, 4) is 0 Å². The Hall–Kier alpha value is -1.31. The van der Waals surface area contributed by atoms with Crippen LogP contribution >= 0.6 is 11.3 Å². The largest absolute Gasteiger partial charge is 0.373 e. The second-order valence-corrected chi connectivity index (χ2v) is 8.65. The number of hydrogen-bond acceptors (Lipinski definition) is 5. The maximum absolute atomic E-state index is 5.80. The van der Waals surface area contributed by atoms with Gasteiger partial charge in [-0.3, -0.25) is 9.89 Å². The second kappa shape index (κ2) is 10.3. The number of hydrogen-bond donors (Lipinski definition) is 2. The predicted molar refractivity (Wildman–Crippen MR) is 115 cm³/mol. The molecule has 0 bridgehead atoms. The third-order valence-electron chi connectivity index (χ3n) is 5.32. The molecule has 2 saturated heterocycles. The molecule has 2 aliphatic heterocycles. The molecular formula is C20H35N5OS. The first-order valence-electron chi connectivity index (χ1n) is 10.3. The SMILES string of the molecule is CN=C(NCCCN1CC(C)OC(C)C1)NC1CCN(c2cccs2)CC1. The summed E-state index contributed by atoms with van der Waals surface area (Å²) in [5.74, 6) is 0.938. The number of piperidine rings is 1. The highest BCUT2D eigenvalue weighted by Crippen LogP contribution is 2.24. The fourth-order valence-electron chi connectivity index (χ4n) is 4.06.